The van der Waals surface area contributed by atoms with Gasteiger partial charge in [-0.2, -0.15) is 0 Å². The van der Waals surface area contributed by atoms with E-state index in [-0.39, 0.29) is 0 Å². The third kappa shape index (κ3) is 3.74. The molecule has 0 aromatic carbocycles. The average molecular weight is 250 g/mol. The molecule has 1 aromatic heterocycles. The Balaban J connectivity index is 1.78. The van der Waals surface area contributed by atoms with Crippen molar-refractivity contribution >= 4 is 0 Å². The van der Waals surface area contributed by atoms with Gasteiger partial charge in [-0.3, -0.25) is 14.8 Å². The Morgan fingerprint density at radius 2 is 1.94 bits per heavy atom. The monoisotopic (exact) mass is 250 g/mol. The lowest BCUT2D eigenvalue weighted by molar-refractivity contribution is 0.0716. The summed E-state index contributed by atoms with van der Waals surface area (Å²) in [6.07, 6.45) is 1.23. The molecule has 0 saturated carbocycles. The van der Waals surface area contributed by atoms with Gasteiger partial charge in [0.2, 0.25) is 0 Å². The van der Waals surface area contributed by atoms with Crippen LogP contribution in [0, 0.1) is 0 Å². The Kier molecular flexibility index (Phi) is 5.07. The number of hydrogen-bond acceptors (Lipinski definition) is 5. The van der Waals surface area contributed by atoms with E-state index in [4.69, 9.17) is 5.73 Å². The third-order valence-electron chi connectivity index (χ3n) is 3.37. The Labute approximate surface area is 108 Å². The van der Waals surface area contributed by atoms with Crippen LogP contribution < -0.4 is 5.73 Å². The minimum atomic E-state index is -0.493. The quantitative estimate of drug-likeness (QED) is 0.750. The molecule has 1 saturated heterocycles. The van der Waals surface area contributed by atoms with Crippen LogP contribution in [0.3, 0.4) is 0 Å². The minimum Gasteiger partial charge on any atom is -0.385 e. The van der Waals surface area contributed by atoms with E-state index in [0.717, 1.165) is 45.0 Å². The van der Waals surface area contributed by atoms with Gasteiger partial charge in [-0.15, -0.1) is 0 Å². The summed E-state index contributed by atoms with van der Waals surface area (Å²) in [4.78, 5) is 8.83. The molecule has 1 fully saturated rings. The fraction of sp³-hybridized carbons (Fsp3) is 0.615. The molecule has 5 heteroatoms. The molecule has 1 aliphatic heterocycles. The highest BCUT2D eigenvalue weighted by atomic mass is 16.3. The molecule has 5 nitrogen and oxygen atoms in total. The molecular weight excluding hydrogens is 228 g/mol. The van der Waals surface area contributed by atoms with Gasteiger partial charge in [0.15, 0.2) is 0 Å². The Morgan fingerprint density at radius 1 is 1.22 bits per heavy atom. The fourth-order valence-corrected chi connectivity index (χ4v) is 2.29. The first kappa shape index (κ1) is 13.4. The number of nitrogens with two attached hydrogens (primary N) is 1. The second-order valence-electron chi connectivity index (χ2n) is 4.70. The summed E-state index contributed by atoms with van der Waals surface area (Å²) < 4.78 is 0. The zero-order chi connectivity index (χ0) is 12.8. The first-order valence-corrected chi connectivity index (χ1v) is 6.53. The number of aliphatic hydroxyl groups excluding tert-OH is 1. The normalized spacial score (nSPS) is 19.9. The standard InChI is InChI=1S/C13H22N4O/c14-4-6-16-7-9-17(10-8-16)11-13(18)12-3-1-2-5-15-12/h1-3,5,13,18H,4,6-11,14H2. The summed E-state index contributed by atoms with van der Waals surface area (Å²) in [5.41, 5.74) is 6.30. The third-order valence-corrected chi connectivity index (χ3v) is 3.37. The van der Waals surface area contributed by atoms with Crippen LogP contribution in [-0.4, -0.2) is 65.7 Å². The van der Waals surface area contributed by atoms with Crippen LogP contribution in [0.2, 0.25) is 0 Å². The number of β-amino-alcohol motifs (C(OH)–C–C–N with tert-alkyl or cyclic N) is 1. The smallest absolute Gasteiger partial charge is 0.109 e. The number of rotatable bonds is 5. The number of piperazine rings is 1. The lowest BCUT2D eigenvalue weighted by Gasteiger charge is -2.35. The van der Waals surface area contributed by atoms with Gasteiger partial charge in [0, 0.05) is 52.0 Å². The maximum absolute atomic E-state index is 10.1. The van der Waals surface area contributed by atoms with Gasteiger partial charge in [0.25, 0.3) is 0 Å². The highest BCUT2D eigenvalue weighted by molar-refractivity contribution is 5.07. The number of hydrogen-bond donors (Lipinski definition) is 2. The van der Waals surface area contributed by atoms with Gasteiger partial charge >= 0.3 is 0 Å². The van der Waals surface area contributed by atoms with E-state index < -0.39 is 6.10 Å². The van der Waals surface area contributed by atoms with Crippen LogP contribution in [0.4, 0.5) is 0 Å². The molecule has 1 aromatic rings. The van der Waals surface area contributed by atoms with E-state index in [9.17, 15) is 5.11 Å². The van der Waals surface area contributed by atoms with Gasteiger partial charge < -0.3 is 10.8 Å². The molecule has 0 spiro atoms. The summed E-state index contributed by atoms with van der Waals surface area (Å²) >= 11 is 0. The van der Waals surface area contributed by atoms with Crippen LogP contribution in [0.1, 0.15) is 11.8 Å². The summed E-state index contributed by atoms with van der Waals surface area (Å²) in [5, 5.41) is 10.1. The van der Waals surface area contributed by atoms with E-state index >= 15 is 0 Å². The molecular formula is C13H22N4O. The first-order valence-electron chi connectivity index (χ1n) is 6.53. The molecule has 100 valence electrons. The zero-order valence-corrected chi connectivity index (χ0v) is 10.7. The lowest BCUT2D eigenvalue weighted by Crippen LogP contribution is -2.48. The van der Waals surface area contributed by atoms with Crippen molar-refractivity contribution in [3.05, 3.63) is 30.1 Å². The molecule has 3 N–H and O–H groups in total. The average Bonchev–Trinajstić information content (AvgIpc) is 2.42. The summed E-state index contributed by atoms with van der Waals surface area (Å²) in [5.74, 6) is 0. The van der Waals surface area contributed by atoms with Crippen molar-refractivity contribution in [2.45, 2.75) is 6.10 Å². The van der Waals surface area contributed by atoms with E-state index in [1.165, 1.54) is 0 Å². The van der Waals surface area contributed by atoms with Crippen molar-refractivity contribution in [2.75, 3.05) is 45.8 Å². The molecule has 1 aliphatic rings. The Bertz CT molecular complexity index is 338. The number of nitrogens with zero attached hydrogens (tertiary/aromatic N) is 3. The van der Waals surface area contributed by atoms with Crippen LogP contribution in [0.15, 0.2) is 24.4 Å². The SMILES string of the molecule is NCCN1CCN(CC(O)c2ccccn2)CC1. The first-order chi connectivity index (χ1) is 8.79. The second kappa shape index (κ2) is 6.80. The van der Waals surface area contributed by atoms with Crippen molar-refractivity contribution in [1.82, 2.24) is 14.8 Å². The van der Waals surface area contributed by atoms with Gasteiger partial charge in [-0.25, -0.2) is 0 Å². The maximum Gasteiger partial charge on any atom is 0.109 e. The number of pyridine rings is 1. The van der Waals surface area contributed by atoms with E-state index in [1.54, 1.807) is 6.20 Å². The zero-order valence-electron chi connectivity index (χ0n) is 10.7. The number of aromatic nitrogens is 1. The van der Waals surface area contributed by atoms with Gasteiger partial charge in [-0.1, -0.05) is 6.07 Å². The van der Waals surface area contributed by atoms with Crippen molar-refractivity contribution in [3.63, 3.8) is 0 Å². The van der Waals surface area contributed by atoms with Crippen molar-refractivity contribution in [2.24, 2.45) is 5.73 Å². The van der Waals surface area contributed by atoms with Gasteiger partial charge in [-0.05, 0) is 12.1 Å². The van der Waals surface area contributed by atoms with Crippen LogP contribution in [0.25, 0.3) is 0 Å². The molecule has 1 unspecified atom stereocenters. The van der Waals surface area contributed by atoms with Gasteiger partial charge in [0.05, 0.1) is 5.69 Å². The van der Waals surface area contributed by atoms with E-state index in [1.807, 2.05) is 18.2 Å². The second-order valence-corrected chi connectivity index (χ2v) is 4.70. The van der Waals surface area contributed by atoms with E-state index in [2.05, 4.69) is 14.8 Å². The molecule has 0 amide bonds. The largest absolute Gasteiger partial charge is 0.385 e. The molecule has 18 heavy (non-hydrogen) atoms. The topological polar surface area (TPSA) is 65.6 Å². The van der Waals surface area contributed by atoms with Crippen molar-refractivity contribution in [3.8, 4) is 0 Å². The van der Waals surface area contributed by atoms with Crippen molar-refractivity contribution in [1.29, 1.82) is 0 Å². The van der Waals surface area contributed by atoms with Crippen molar-refractivity contribution < 1.29 is 5.11 Å². The highest BCUT2D eigenvalue weighted by Gasteiger charge is 2.19. The molecule has 1 atom stereocenters. The minimum absolute atomic E-state index is 0.493. The predicted molar refractivity (Wildman–Crippen MR) is 71.1 cm³/mol. The number of aliphatic hydroxyl groups is 1. The predicted octanol–water partition coefficient (Wildman–Crippen LogP) is -0.309. The highest BCUT2D eigenvalue weighted by Crippen LogP contribution is 2.12. The molecule has 2 rings (SSSR count). The van der Waals surface area contributed by atoms with Crippen LogP contribution in [0.5, 0.6) is 0 Å². The van der Waals surface area contributed by atoms with Crippen LogP contribution in [-0.2, 0) is 0 Å². The lowest BCUT2D eigenvalue weighted by atomic mass is 10.2. The molecule has 0 bridgehead atoms. The van der Waals surface area contributed by atoms with E-state index in [0.29, 0.717) is 6.54 Å². The van der Waals surface area contributed by atoms with Gasteiger partial charge in [0.1, 0.15) is 6.10 Å². The molecule has 0 aliphatic carbocycles. The summed E-state index contributed by atoms with van der Waals surface area (Å²) in [7, 11) is 0. The Hall–Kier alpha value is -1.01. The van der Waals surface area contributed by atoms with Crippen LogP contribution >= 0.6 is 0 Å². The Morgan fingerprint density at radius 3 is 2.56 bits per heavy atom. The maximum atomic E-state index is 10.1. The molecule has 2 heterocycles. The summed E-state index contributed by atoms with van der Waals surface area (Å²) in [6, 6.07) is 5.64. The summed E-state index contributed by atoms with van der Waals surface area (Å²) in [6.45, 7) is 6.40. The fourth-order valence-electron chi connectivity index (χ4n) is 2.29. The molecule has 0 radical (unpaired) electrons.